The molecule has 2 aliphatic heterocycles. The number of hydrogen-bond donors (Lipinski definition) is 2. The minimum Gasteiger partial charge on any atom is -0.484 e. The molecule has 8 nitrogen and oxygen atoms in total. The molecule has 8 heteroatoms. The zero-order valence-electron chi connectivity index (χ0n) is 15.6. The molecule has 0 spiro atoms. The van der Waals surface area contributed by atoms with Crippen LogP contribution in [0.3, 0.4) is 0 Å². The Bertz CT molecular complexity index is 631. The summed E-state index contributed by atoms with van der Waals surface area (Å²) in [6, 6.07) is 7.10. The van der Waals surface area contributed by atoms with Crippen LogP contribution < -0.4 is 15.4 Å². The number of ether oxygens (including phenoxy) is 3. The summed E-state index contributed by atoms with van der Waals surface area (Å²) in [5.74, 6) is 0.357. The van der Waals surface area contributed by atoms with Gasteiger partial charge in [0, 0.05) is 25.2 Å². The lowest BCUT2D eigenvalue weighted by Gasteiger charge is -2.34. The lowest BCUT2D eigenvalue weighted by molar-refractivity contribution is -0.124. The van der Waals surface area contributed by atoms with E-state index in [1.54, 1.807) is 31.2 Å². The third kappa shape index (κ3) is 5.66. The summed E-state index contributed by atoms with van der Waals surface area (Å²) in [6.07, 6.45) is 0.425. The number of amides is 2. The van der Waals surface area contributed by atoms with Crippen LogP contribution in [0.25, 0.3) is 0 Å². The van der Waals surface area contributed by atoms with E-state index in [0.29, 0.717) is 31.1 Å². The summed E-state index contributed by atoms with van der Waals surface area (Å²) in [4.78, 5) is 25.9. The number of rotatable bonds is 7. The molecule has 0 bridgehead atoms. The van der Waals surface area contributed by atoms with Gasteiger partial charge in [-0.2, -0.15) is 0 Å². The fraction of sp³-hybridized carbons (Fsp3) is 0.579. The van der Waals surface area contributed by atoms with Crippen molar-refractivity contribution in [1.29, 1.82) is 0 Å². The van der Waals surface area contributed by atoms with Crippen molar-refractivity contribution >= 4 is 17.5 Å². The number of nitrogens with zero attached hydrogens (tertiary/aromatic N) is 1. The predicted octanol–water partition coefficient (Wildman–Crippen LogP) is 0.630. The predicted molar refractivity (Wildman–Crippen MR) is 99.8 cm³/mol. The van der Waals surface area contributed by atoms with Crippen LogP contribution in [0.2, 0.25) is 0 Å². The third-order valence-corrected chi connectivity index (χ3v) is 4.74. The molecule has 0 unspecified atom stereocenters. The summed E-state index contributed by atoms with van der Waals surface area (Å²) in [5, 5.41) is 5.78. The highest BCUT2D eigenvalue weighted by Crippen LogP contribution is 2.17. The molecule has 0 aromatic heterocycles. The minimum atomic E-state index is -0.174. The molecule has 3 rings (SSSR count). The molecule has 0 radical (unpaired) electrons. The maximum atomic E-state index is 12.3. The maximum absolute atomic E-state index is 12.3. The van der Waals surface area contributed by atoms with E-state index in [1.165, 1.54) is 0 Å². The van der Waals surface area contributed by atoms with Gasteiger partial charge in [0.2, 0.25) is 5.91 Å². The number of anilines is 1. The van der Waals surface area contributed by atoms with Gasteiger partial charge < -0.3 is 24.8 Å². The summed E-state index contributed by atoms with van der Waals surface area (Å²) in [5.41, 5.74) is 0.704. The summed E-state index contributed by atoms with van der Waals surface area (Å²) in [6.45, 7) is 6.02. The summed E-state index contributed by atoms with van der Waals surface area (Å²) >= 11 is 0. The molecule has 2 heterocycles. The van der Waals surface area contributed by atoms with E-state index in [1.807, 2.05) is 0 Å². The van der Waals surface area contributed by atoms with Gasteiger partial charge in [-0.25, -0.2) is 0 Å². The number of carbonyl (C=O) groups excluding carboxylic acids is 2. The highest BCUT2D eigenvalue weighted by Gasteiger charge is 2.34. The van der Waals surface area contributed by atoms with Crippen molar-refractivity contribution < 1.29 is 23.8 Å². The molecule has 0 aliphatic carbocycles. The standard InChI is InChI=1S/C19H27N3O5/c1-2-18(23)20-14-3-5-15(6-4-14)27-13-19(24)21-16-11-26-12-17(16)22-7-9-25-10-8-22/h3-6,16-17H,2,7-13H2,1H3,(H,20,23)(H,21,24)/t16-,17-/m1/s1. The van der Waals surface area contributed by atoms with Gasteiger partial charge in [-0.05, 0) is 24.3 Å². The van der Waals surface area contributed by atoms with Crippen LogP contribution in [-0.4, -0.2) is 74.9 Å². The van der Waals surface area contributed by atoms with Crippen LogP contribution in [-0.2, 0) is 19.1 Å². The largest absolute Gasteiger partial charge is 0.484 e. The van der Waals surface area contributed by atoms with Gasteiger partial charge in [-0.3, -0.25) is 14.5 Å². The van der Waals surface area contributed by atoms with Crippen LogP contribution in [0.1, 0.15) is 13.3 Å². The minimum absolute atomic E-state index is 0.0363. The van der Waals surface area contributed by atoms with E-state index in [4.69, 9.17) is 14.2 Å². The first-order valence-corrected chi connectivity index (χ1v) is 9.37. The molecule has 2 N–H and O–H groups in total. The first-order chi connectivity index (χ1) is 13.2. The Morgan fingerprint density at radius 3 is 2.56 bits per heavy atom. The molecular weight excluding hydrogens is 350 g/mol. The zero-order chi connectivity index (χ0) is 19.1. The number of benzene rings is 1. The number of hydrogen-bond acceptors (Lipinski definition) is 6. The van der Waals surface area contributed by atoms with Crippen LogP contribution in [0.5, 0.6) is 5.75 Å². The Morgan fingerprint density at radius 2 is 1.85 bits per heavy atom. The van der Waals surface area contributed by atoms with E-state index in [2.05, 4.69) is 15.5 Å². The van der Waals surface area contributed by atoms with Gasteiger partial charge >= 0.3 is 0 Å². The van der Waals surface area contributed by atoms with Crippen molar-refractivity contribution in [2.24, 2.45) is 0 Å². The molecule has 1 aromatic carbocycles. The van der Waals surface area contributed by atoms with Crippen molar-refractivity contribution in [3.63, 3.8) is 0 Å². The number of nitrogens with one attached hydrogen (secondary N) is 2. The lowest BCUT2D eigenvalue weighted by atomic mass is 10.1. The lowest BCUT2D eigenvalue weighted by Crippen LogP contribution is -2.54. The molecule has 2 aliphatic rings. The van der Waals surface area contributed by atoms with Crippen molar-refractivity contribution in [2.75, 3.05) is 51.4 Å². The molecule has 1 aromatic rings. The first kappa shape index (κ1) is 19.6. The van der Waals surface area contributed by atoms with Crippen LogP contribution >= 0.6 is 0 Å². The molecule has 148 valence electrons. The fourth-order valence-electron chi connectivity index (χ4n) is 3.23. The monoisotopic (exact) mass is 377 g/mol. The summed E-state index contributed by atoms with van der Waals surface area (Å²) in [7, 11) is 0. The quantitative estimate of drug-likeness (QED) is 0.725. The smallest absolute Gasteiger partial charge is 0.258 e. The Morgan fingerprint density at radius 1 is 1.11 bits per heavy atom. The second kappa shape index (κ2) is 9.68. The molecule has 0 saturated carbocycles. The van der Waals surface area contributed by atoms with Gasteiger partial charge in [0.05, 0.1) is 38.5 Å². The average molecular weight is 377 g/mol. The maximum Gasteiger partial charge on any atom is 0.258 e. The van der Waals surface area contributed by atoms with Gasteiger partial charge in [-0.15, -0.1) is 0 Å². The van der Waals surface area contributed by atoms with Crippen LogP contribution in [0.15, 0.2) is 24.3 Å². The van der Waals surface area contributed by atoms with E-state index in [0.717, 1.165) is 26.3 Å². The zero-order valence-corrected chi connectivity index (χ0v) is 15.6. The van der Waals surface area contributed by atoms with Crippen molar-refractivity contribution in [3.8, 4) is 5.75 Å². The Labute approximate surface area is 159 Å². The first-order valence-electron chi connectivity index (χ1n) is 9.37. The molecular formula is C19H27N3O5. The van der Waals surface area contributed by atoms with E-state index in [-0.39, 0.29) is 30.5 Å². The van der Waals surface area contributed by atoms with Gasteiger partial charge in [0.1, 0.15) is 5.75 Å². The molecule has 2 fully saturated rings. The van der Waals surface area contributed by atoms with Crippen molar-refractivity contribution in [1.82, 2.24) is 10.2 Å². The van der Waals surface area contributed by atoms with Crippen LogP contribution in [0.4, 0.5) is 5.69 Å². The van der Waals surface area contributed by atoms with Crippen molar-refractivity contribution in [3.05, 3.63) is 24.3 Å². The second-order valence-electron chi connectivity index (χ2n) is 6.64. The van der Waals surface area contributed by atoms with Gasteiger partial charge in [0.15, 0.2) is 6.61 Å². The number of morpholine rings is 1. The Balaban J connectivity index is 1.44. The average Bonchev–Trinajstić information content (AvgIpc) is 3.16. The van der Waals surface area contributed by atoms with Gasteiger partial charge in [-0.1, -0.05) is 6.92 Å². The van der Waals surface area contributed by atoms with Crippen molar-refractivity contribution in [2.45, 2.75) is 25.4 Å². The Kier molecular flexibility index (Phi) is 7.03. The highest BCUT2D eigenvalue weighted by atomic mass is 16.5. The molecule has 2 atom stereocenters. The normalized spacial score (nSPS) is 23.0. The van der Waals surface area contributed by atoms with Crippen LogP contribution in [0, 0.1) is 0 Å². The third-order valence-electron chi connectivity index (χ3n) is 4.74. The number of carbonyl (C=O) groups is 2. The molecule has 2 amide bonds. The topological polar surface area (TPSA) is 89.1 Å². The van der Waals surface area contributed by atoms with Gasteiger partial charge in [0.25, 0.3) is 5.91 Å². The Hall–Kier alpha value is -2.16. The molecule has 2 saturated heterocycles. The SMILES string of the molecule is CCC(=O)Nc1ccc(OCC(=O)N[C@@H]2COC[C@H]2N2CCOCC2)cc1. The van der Waals surface area contributed by atoms with E-state index in [9.17, 15) is 9.59 Å². The van der Waals surface area contributed by atoms with E-state index >= 15 is 0 Å². The summed E-state index contributed by atoms with van der Waals surface area (Å²) < 4.78 is 16.5. The highest BCUT2D eigenvalue weighted by molar-refractivity contribution is 5.90. The fourth-order valence-corrected chi connectivity index (χ4v) is 3.23. The van der Waals surface area contributed by atoms with E-state index < -0.39 is 0 Å². The molecule has 27 heavy (non-hydrogen) atoms. The second-order valence-corrected chi connectivity index (χ2v) is 6.64.